The monoisotopic (exact) mass is 408 g/mol. The standard InChI is InChI=1S/C20H12N2O4S2/c21-12-14(20-22-17-3-1-2-4-19(17)27-20)11-15-7-10-18(26-15)13-5-8-16(9-6-13)28(23,24)25/h1-11H,(H,23,24,25)/b14-11-. The Bertz CT molecular complexity index is 1310. The Hall–Kier alpha value is -3.25. The summed E-state index contributed by atoms with van der Waals surface area (Å²) in [6, 6.07) is 18.9. The quantitative estimate of drug-likeness (QED) is 0.382. The Balaban J connectivity index is 1.65. The number of fused-ring (bicyclic) bond motifs is 1. The molecule has 4 aromatic rings. The first-order valence-electron chi connectivity index (χ1n) is 8.09. The minimum atomic E-state index is -4.24. The van der Waals surface area contributed by atoms with Crippen molar-refractivity contribution in [3.63, 3.8) is 0 Å². The highest BCUT2D eigenvalue weighted by atomic mass is 32.2. The number of nitriles is 1. The van der Waals surface area contributed by atoms with E-state index in [0.717, 1.165) is 10.2 Å². The minimum absolute atomic E-state index is 0.189. The highest BCUT2D eigenvalue weighted by Crippen LogP contribution is 2.30. The average molecular weight is 408 g/mol. The van der Waals surface area contributed by atoms with Gasteiger partial charge in [-0.25, -0.2) is 4.98 Å². The number of nitrogens with zero attached hydrogens (tertiary/aromatic N) is 2. The maximum atomic E-state index is 11.1. The van der Waals surface area contributed by atoms with E-state index in [0.29, 0.717) is 27.7 Å². The maximum absolute atomic E-state index is 11.1. The first-order chi connectivity index (χ1) is 13.4. The van der Waals surface area contributed by atoms with Crippen molar-refractivity contribution in [2.24, 2.45) is 0 Å². The van der Waals surface area contributed by atoms with E-state index in [9.17, 15) is 13.7 Å². The zero-order valence-electron chi connectivity index (χ0n) is 14.2. The van der Waals surface area contributed by atoms with Gasteiger partial charge in [0.15, 0.2) is 0 Å². The molecule has 8 heteroatoms. The number of rotatable bonds is 4. The molecule has 0 bridgehead atoms. The second-order valence-corrected chi connectivity index (χ2v) is 8.31. The van der Waals surface area contributed by atoms with Gasteiger partial charge in [0.05, 0.1) is 20.7 Å². The number of hydrogen-bond acceptors (Lipinski definition) is 6. The van der Waals surface area contributed by atoms with Crippen molar-refractivity contribution in [1.82, 2.24) is 4.98 Å². The molecule has 0 fully saturated rings. The summed E-state index contributed by atoms with van der Waals surface area (Å²) in [6.45, 7) is 0. The van der Waals surface area contributed by atoms with Gasteiger partial charge < -0.3 is 4.42 Å². The summed E-state index contributed by atoms with van der Waals surface area (Å²) in [5, 5.41) is 10.1. The molecule has 0 aliphatic heterocycles. The van der Waals surface area contributed by atoms with E-state index in [1.165, 1.54) is 35.6 Å². The largest absolute Gasteiger partial charge is 0.457 e. The van der Waals surface area contributed by atoms with E-state index in [1.807, 2.05) is 24.3 Å². The molecule has 4 rings (SSSR count). The zero-order chi connectivity index (χ0) is 19.7. The van der Waals surface area contributed by atoms with Crippen molar-refractivity contribution in [3.05, 3.63) is 71.4 Å². The van der Waals surface area contributed by atoms with Crippen molar-refractivity contribution < 1.29 is 17.4 Å². The minimum Gasteiger partial charge on any atom is -0.457 e. The number of aromatic nitrogens is 1. The molecule has 0 saturated heterocycles. The third-order valence-corrected chi connectivity index (χ3v) is 5.93. The number of thiazole rings is 1. The molecule has 0 aliphatic carbocycles. The van der Waals surface area contributed by atoms with Crippen molar-refractivity contribution in [2.75, 3.05) is 0 Å². The molecule has 0 aliphatic rings. The lowest BCUT2D eigenvalue weighted by Gasteiger charge is -1.99. The number of para-hydroxylation sites is 1. The third-order valence-electron chi connectivity index (χ3n) is 3.99. The summed E-state index contributed by atoms with van der Waals surface area (Å²) in [6.07, 6.45) is 1.62. The summed E-state index contributed by atoms with van der Waals surface area (Å²) in [5.41, 5.74) is 1.87. The summed E-state index contributed by atoms with van der Waals surface area (Å²) >= 11 is 1.43. The van der Waals surface area contributed by atoms with Gasteiger partial charge in [0.1, 0.15) is 22.6 Å². The van der Waals surface area contributed by atoms with Crippen molar-refractivity contribution in [3.8, 4) is 17.4 Å². The Morgan fingerprint density at radius 3 is 2.54 bits per heavy atom. The van der Waals surface area contributed by atoms with Gasteiger partial charge in [-0.1, -0.05) is 12.1 Å². The van der Waals surface area contributed by atoms with Crippen LogP contribution in [0.2, 0.25) is 0 Å². The van der Waals surface area contributed by atoms with Crippen molar-refractivity contribution in [2.45, 2.75) is 4.90 Å². The van der Waals surface area contributed by atoms with Crippen LogP contribution < -0.4 is 0 Å². The molecule has 0 unspecified atom stereocenters. The first kappa shape index (κ1) is 18.1. The Labute approximate surface area is 164 Å². The van der Waals surface area contributed by atoms with Gasteiger partial charge in [-0.05, 0) is 48.5 Å². The van der Waals surface area contributed by atoms with Gasteiger partial charge in [0, 0.05) is 11.6 Å². The number of hydrogen-bond donors (Lipinski definition) is 1. The number of allylic oxidation sites excluding steroid dienone is 1. The molecule has 28 heavy (non-hydrogen) atoms. The SMILES string of the molecule is N#C/C(=C/c1ccc(-c2ccc(S(=O)(=O)O)cc2)o1)c1nc2ccccc2s1. The van der Waals surface area contributed by atoms with Crippen LogP contribution in [0.1, 0.15) is 10.8 Å². The van der Waals surface area contributed by atoms with Crippen molar-refractivity contribution in [1.29, 1.82) is 5.26 Å². The van der Waals surface area contributed by atoms with Crippen LogP contribution in [0.15, 0.2) is 70.0 Å². The first-order valence-corrected chi connectivity index (χ1v) is 10.4. The lowest BCUT2D eigenvalue weighted by Crippen LogP contribution is -1.96. The highest BCUT2D eigenvalue weighted by Gasteiger charge is 2.12. The molecule has 2 aromatic carbocycles. The molecule has 6 nitrogen and oxygen atoms in total. The maximum Gasteiger partial charge on any atom is 0.294 e. The van der Waals surface area contributed by atoms with E-state index in [4.69, 9.17) is 8.97 Å². The lowest BCUT2D eigenvalue weighted by atomic mass is 10.2. The van der Waals surface area contributed by atoms with Crippen LogP contribution in [-0.2, 0) is 10.1 Å². The van der Waals surface area contributed by atoms with E-state index in [1.54, 1.807) is 18.2 Å². The second kappa shape index (κ2) is 7.05. The van der Waals surface area contributed by atoms with E-state index >= 15 is 0 Å². The molecule has 0 amide bonds. The second-order valence-electron chi connectivity index (χ2n) is 5.86. The molecule has 0 spiro atoms. The summed E-state index contributed by atoms with van der Waals surface area (Å²) in [5.74, 6) is 0.986. The van der Waals surface area contributed by atoms with Crippen LogP contribution in [0.25, 0.3) is 33.2 Å². The molecular formula is C20H12N2O4S2. The normalized spacial score (nSPS) is 12.2. The Morgan fingerprint density at radius 2 is 1.86 bits per heavy atom. The van der Waals surface area contributed by atoms with Crippen LogP contribution in [0.4, 0.5) is 0 Å². The zero-order valence-corrected chi connectivity index (χ0v) is 15.9. The smallest absolute Gasteiger partial charge is 0.294 e. The van der Waals surface area contributed by atoms with Gasteiger partial charge in [0.2, 0.25) is 0 Å². The molecule has 2 heterocycles. The van der Waals surface area contributed by atoms with E-state index in [-0.39, 0.29) is 4.90 Å². The van der Waals surface area contributed by atoms with Crippen molar-refractivity contribution >= 4 is 43.3 Å². The molecule has 2 aromatic heterocycles. The van der Waals surface area contributed by atoms with Crippen LogP contribution in [0.3, 0.4) is 0 Å². The van der Waals surface area contributed by atoms with Gasteiger partial charge >= 0.3 is 0 Å². The topological polar surface area (TPSA) is 104 Å². The van der Waals surface area contributed by atoms with Gasteiger partial charge in [-0.15, -0.1) is 11.3 Å². The summed E-state index contributed by atoms with van der Waals surface area (Å²) in [4.78, 5) is 4.29. The molecule has 1 N–H and O–H groups in total. The summed E-state index contributed by atoms with van der Waals surface area (Å²) < 4.78 is 38.1. The molecule has 138 valence electrons. The van der Waals surface area contributed by atoms with Gasteiger partial charge in [-0.3, -0.25) is 4.55 Å². The van der Waals surface area contributed by atoms with Crippen LogP contribution in [0.5, 0.6) is 0 Å². The fourth-order valence-corrected chi connectivity index (χ4v) is 4.06. The number of furan rings is 1. The predicted octanol–water partition coefficient (Wildman–Crippen LogP) is 4.87. The third kappa shape index (κ3) is 3.59. The van der Waals surface area contributed by atoms with E-state index in [2.05, 4.69) is 11.1 Å². The Kier molecular flexibility index (Phi) is 4.57. The fraction of sp³-hybridized carbons (Fsp3) is 0. The van der Waals surface area contributed by atoms with E-state index < -0.39 is 10.1 Å². The molecule has 0 radical (unpaired) electrons. The molecule has 0 atom stereocenters. The predicted molar refractivity (Wildman–Crippen MR) is 107 cm³/mol. The van der Waals surface area contributed by atoms with Gasteiger partial charge in [-0.2, -0.15) is 13.7 Å². The highest BCUT2D eigenvalue weighted by molar-refractivity contribution is 7.85. The van der Waals surface area contributed by atoms with Crippen LogP contribution in [0, 0.1) is 11.3 Å². The Morgan fingerprint density at radius 1 is 1.11 bits per heavy atom. The molecule has 0 saturated carbocycles. The number of benzene rings is 2. The fourth-order valence-electron chi connectivity index (χ4n) is 2.65. The van der Waals surface area contributed by atoms with Crippen LogP contribution in [-0.4, -0.2) is 18.0 Å². The van der Waals surface area contributed by atoms with Gasteiger partial charge in [0.25, 0.3) is 10.1 Å². The molecular weight excluding hydrogens is 396 g/mol. The summed E-state index contributed by atoms with van der Waals surface area (Å²) in [7, 11) is -4.24. The average Bonchev–Trinajstić information content (AvgIpc) is 3.32. The van der Waals surface area contributed by atoms with Crippen LogP contribution >= 0.6 is 11.3 Å². The lowest BCUT2D eigenvalue weighted by molar-refractivity contribution is 0.483.